The summed E-state index contributed by atoms with van der Waals surface area (Å²) in [5.41, 5.74) is 2.56. The fourth-order valence-electron chi connectivity index (χ4n) is 5.51. The number of nitrogens with one attached hydrogen (secondary N) is 1. The van der Waals surface area contributed by atoms with E-state index in [1.165, 1.54) is 0 Å². The first-order valence-corrected chi connectivity index (χ1v) is 15.1. The molecule has 224 valence electrons. The molecule has 1 N–H and O–H groups in total. The molecule has 0 spiro atoms. The van der Waals surface area contributed by atoms with Crippen molar-refractivity contribution in [1.29, 1.82) is 0 Å². The predicted molar refractivity (Wildman–Crippen MR) is 165 cm³/mol. The number of likely N-dealkylation sites (N-methyl/N-ethyl adjacent to an activating group) is 1. The summed E-state index contributed by atoms with van der Waals surface area (Å²) in [5, 5.41) is 4.01. The van der Waals surface area contributed by atoms with Crippen LogP contribution in [0.15, 0.2) is 48.7 Å². The standard InChI is InChI=1S/C31H37Cl2FN6O2/c1-21(41)35-16-22-5-7-39(8-6-22)18-23-11-29(24-13-25(32)15-26(33)14-24)37-31(12-23)42-28-3-4-30(36-17-28)40-10-9-38(2)19-27(34)20-40/h3-4,11-15,17,22,27H,5-10,16,18-20H2,1-2H3,(H,35,41). The number of rotatable bonds is 8. The van der Waals surface area contributed by atoms with Gasteiger partial charge in [-0.3, -0.25) is 9.69 Å². The van der Waals surface area contributed by atoms with Crippen LogP contribution in [0.3, 0.4) is 0 Å². The minimum atomic E-state index is -0.927. The van der Waals surface area contributed by atoms with Gasteiger partial charge in [-0.1, -0.05) is 23.2 Å². The quantitative estimate of drug-likeness (QED) is 0.350. The molecular weight excluding hydrogens is 578 g/mol. The summed E-state index contributed by atoms with van der Waals surface area (Å²) in [6.45, 7) is 7.14. The summed E-state index contributed by atoms with van der Waals surface area (Å²) in [6, 6.07) is 13.1. The van der Waals surface area contributed by atoms with Crippen LogP contribution < -0.4 is 15.0 Å². The molecule has 0 radical (unpaired) electrons. The zero-order valence-corrected chi connectivity index (χ0v) is 25.5. The Morgan fingerprint density at radius 1 is 1.05 bits per heavy atom. The first kappa shape index (κ1) is 30.5. The van der Waals surface area contributed by atoms with Crippen molar-refractivity contribution in [2.24, 2.45) is 5.92 Å². The topological polar surface area (TPSA) is 73.8 Å². The van der Waals surface area contributed by atoms with Crippen molar-refractivity contribution >= 4 is 34.9 Å². The Balaban J connectivity index is 1.33. The Morgan fingerprint density at radius 3 is 2.50 bits per heavy atom. The van der Waals surface area contributed by atoms with Gasteiger partial charge < -0.3 is 19.9 Å². The second-order valence-corrected chi connectivity index (χ2v) is 12.1. The Labute approximate surface area is 256 Å². The van der Waals surface area contributed by atoms with E-state index in [4.69, 9.17) is 32.9 Å². The van der Waals surface area contributed by atoms with Crippen molar-refractivity contribution in [3.63, 3.8) is 0 Å². The van der Waals surface area contributed by atoms with Gasteiger partial charge in [0.05, 0.1) is 18.4 Å². The van der Waals surface area contributed by atoms with Crippen LogP contribution in [0.25, 0.3) is 11.3 Å². The molecule has 1 amide bonds. The van der Waals surface area contributed by atoms with Crippen LogP contribution in [-0.2, 0) is 11.3 Å². The average Bonchev–Trinajstić information content (AvgIpc) is 3.12. The number of amides is 1. The lowest BCUT2D eigenvalue weighted by Crippen LogP contribution is -2.37. The van der Waals surface area contributed by atoms with Crippen LogP contribution >= 0.6 is 23.2 Å². The summed E-state index contributed by atoms with van der Waals surface area (Å²) >= 11 is 12.6. The molecular formula is C31H37Cl2FN6O2. The number of anilines is 1. The molecule has 42 heavy (non-hydrogen) atoms. The molecule has 11 heteroatoms. The molecule has 4 heterocycles. The number of carbonyl (C=O) groups excluding carboxylic acids is 1. The molecule has 0 bridgehead atoms. The highest BCUT2D eigenvalue weighted by Crippen LogP contribution is 2.31. The van der Waals surface area contributed by atoms with Crippen LogP contribution in [0.2, 0.25) is 10.0 Å². The summed E-state index contributed by atoms with van der Waals surface area (Å²) in [5.74, 6) is 2.21. The third-order valence-corrected chi connectivity index (χ3v) is 8.16. The van der Waals surface area contributed by atoms with Crippen LogP contribution in [0.1, 0.15) is 25.3 Å². The molecule has 2 aliphatic heterocycles. The molecule has 0 aliphatic carbocycles. The number of hydrogen-bond donors (Lipinski definition) is 1. The van der Waals surface area contributed by atoms with Gasteiger partial charge in [0.15, 0.2) is 0 Å². The van der Waals surface area contributed by atoms with E-state index in [-0.39, 0.29) is 5.91 Å². The molecule has 2 fully saturated rings. The number of alkyl halides is 1. The third kappa shape index (κ3) is 8.53. The monoisotopic (exact) mass is 614 g/mol. The first-order chi connectivity index (χ1) is 20.2. The zero-order chi connectivity index (χ0) is 29.6. The number of aromatic nitrogens is 2. The number of piperidine rings is 1. The summed E-state index contributed by atoms with van der Waals surface area (Å²) in [7, 11) is 1.93. The average molecular weight is 616 g/mol. The summed E-state index contributed by atoms with van der Waals surface area (Å²) in [4.78, 5) is 27.0. The smallest absolute Gasteiger partial charge is 0.220 e. The maximum absolute atomic E-state index is 14.3. The first-order valence-electron chi connectivity index (χ1n) is 14.4. The van der Waals surface area contributed by atoms with Gasteiger partial charge in [0.2, 0.25) is 11.8 Å². The Bertz CT molecular complexity index is 1350. The van der Waals surface area contributed by atoms with Gasteiger partial charge in [0.25, 0.3) is 0 Å². The van der Waals surface area contributed by atoms with E-state index in [9.17, 15) is 9.18 Å². The molecule has 2 saturated heterocycles. The van der Waals surface area contributed by atoms with E-state index in [0.29, 0.717) is 52.9 Å². The van der Waals surface area contributed by atoms with Crippen molar-refractivity contribution in [3.8, 4) is 22.9 Å². The Kier molecular flexibility index (Phi) is 10.2. The lowest BCUT2D eigenvalue weighted by molar-refractivity contribution is -0.119. The number of pyridine rings is 2. The largest absolute Gasteiger partial charge is 0.437 e. The van der Waals surface area contributed by atoms with Gasteiger partial charge in [-0.2, -0.15) is 0 Å². The van der Waals surface area contributed by atoms with Crippen molar-refractivity contribution in [2.75, 3.05) is 57.8 Å². The van der Waals surface area contributed by atoms with Crippen molar-refractivity contribution < 1.29 is 13.9 Å². The highest BCUT2D eigenvalue weighted by molar-refractivity contribution is 6.35. The Hall–Kier alpha value is -2.98. The minimum Gasteiger partial charge on any atom is -0.437 e. The van der Waals surface area contributed by atoms with Crippen LogP contribution in [0, 0.1) is 5.92 Å². The SMILES string of the molecule is CC(=O)NCC1CCN(Cc2cc(Oc3ccc(N4CCN(C)CC(F)C4)nc3)nc(-c3cc(Cl)cc(Cl)c3)c2)CC1. The number of carbonyl (C=O) groups is 1. The van der Waals surface area contributed by atoms with E-state index in [2.05, 4.69) is 15.2 Å². The highest BCUT2D eigenvalue weighted by atomic mass is 35.5. The maximum Gasteiger partial charge on any atom is 0.220 e. The van der Waals surface area contributed by atoms with Crippen LogP contribution in [0.4, 0.5) is 10.2 Å². The molecule has 1 atom stereocenters. The third-order valence-electron chi connectivity index (χ3n) is 7.72. The fraction of sp³-hybridized carbons (Fsp3) is 0.452. The highest BCUT2D eigenvalue weighted by Gasteiger charge is 2.22. The lowest BCUT2D eigenvalue weighted by Gasteiger charge is -2.32. The molecule has 2 aliphatic rings. The summed E-state index contributed by atoms with van der Waals surface area (Å²) < 4.78 is 20.5. The van der Waals surface area contributed by atoms with E-state index in [0.717, 1.165) is 62.5 Å². The molecule has 1 aromatic carbocycles. The molecule has 5 rings (SSSR count). The number of halogens is 3. The van der Waals surface area contributed by atoms with Crippen LogP contribution in [-0.4, -0.2) is 84.7 Å². The second kappa shape index (κ2) is 14.0. The number of hydrogen-bond acceptors (Lipinski definition) is 7. The lowest BCUT2D eigenvalue weighted by atomic mass is 9.96. The van der Waals surface area contributed by atoms with Gasteiger partial charge in [0, 0.05) is 61.3 Å². The van der Waals surface area contributed by atoms with Gasteiger partial charge >= 0.3 is 0 Å². The molecule has 8 nitrogen and oxygen atoms in total. The van der Waals surface area contributed by atoms with Gasteiger partial charge in [-0.05, 0) is 80.9 Å². The number of nitrogens with zero attached hydrogens (tertiary/aromatic N) is 5. The van der Waals surface area contributed by atoms with Gasteiger partial charge in [0.1, 0.15) is 17.7 Å². The normalized spacial score (nSPS) is 19.0. The van der Waals surface area contributed by atoms with Crippen LogP contribution in [0.5, 0.6) is 11.6 Å². The van der Waals surface area contributed by atoms with Crippen molar-refractivity contribution in [1.82, 2.24) is 25.1 Å². The molecule has 1 unspecified atom stereocenters. The van der Waals surface area contributed by atoms with E-state index >= 15 is 0 Å². The molecule has 3 aromatic rings. The maximum atomic E-state index is 14.3. The molecule has 0 saturated carbocycles. The van der Waals surface area contributed by atoms with E-state index in [1.54, 1.807) is 19.2 Å². The van der Waals surface area contributed by atoms with Gasteiger partial charge in [-0.15, -0.1) is 0 Å². The predicted octanol–water partition coefficient (Wildman–Crippen LogP) is 5.68. The van der Waals surface area contributed by atoms with Crippen molar-refractivity contribution in [2.45, 2.75) is 32.5 Å². The number of likely N-dealkylation sites (tertiary alicyclic amines) is 1. The number of benzene rings is 1. The van der Waals surface area contributed by atoms with Crippen molar-refractivity contribution in [3.05, 3.63) is 64.3 Å². The molecule has 2 aromatic heterocycles. The van der Waals surface area contributed by atoms with Gasteiger partial charge in [-0.25, -0.2) is 14.4 Å². The Morgan fingerprint density at radius 2 is 1.81 bits per heavy atom. The fourth-order valence-corrected chi connectivity index (χ4v) is 6.03. The van der Waals surface area contributed by atoms with E-state index in [1.807, 2.05) is 53.2 Å². The number of ether oxygens (including phenoxy) is 1. The van der Waals surface area contributed by atoms with E-state index < -0.39 is 6.17 Å². The second-order valence-electron chi connectivity index (χ2n) is 11.3. The summed E-state index contributed by atoms with van der Waals surface area (Å²) in [6.07, 6.45) is 2.78. The minimum absolute atomic E-state index is 0.0170. The zero-order valence-electron chi connectivity index (χ0n) is 24.0.